The third-order valence-corrected chi connectivity index (χ3v) is 5.51. The molecule has 2 heterocycles. The Morgan fingerprint density at radius 1 is 1.10 bits per heavy atom. The highest BCUT2D eigenvalue weighted by Crippen LogP contribution is 2.37. The summed E-state index contributed by atoms with van der Waals surface area (Å²) in [4.78, 5) is 25.6. The van der Waals surface area contributed by atoms with Crippen LogP contribution in [0.25, 0.3) is 17.4 Å². The molecule has 0 atom stereocenters. The molecule has 0 radical (unpaired) electrons. The number of furan rings is 1. The Bertz CT molecular complexity index is 1180. The number of carbonyl (C=O) groups excluding carboxylic acids is 1. The Hall–Kier alpha value is -3.23. The molecule has 0 unspecified atom stereocenters. The van der Waals surface area contributed by atoms with Crippen molar-refractivity contribution in [3.8, 4) is 11.3 Å². The van der Waals surface area contributed by atoms with Crippen LogP contribution in [0.1, 0.15) is 16.1 Å². The van der Waals surface area contributed by atoms with E-state index in [9.17, 15) is 19.1 Å². The highest BCUT2D eigenvalue weighted by Gasteiger charge is 2.35. The first-order valence-electron chi connectivity index (χ1n) is 8.41. The van der Waals surface area contributed by atoms with E-state index < -0.39 is 17.7 Å². The van der Waals surface area contributed by atoms with E-state index in [4.69, 9.17) is 16.6 Å². The SMILES string of the molecule is O=C(O)c1ccccc1-c1ccc(/C=C2/SC(=S)N(c3ccccc3F)C2=O)o1. The van der Waals surface area contributed by atoms with Gasteiger partial charge in [0.05, 0.1) is 16.2 Å². The summed E-state index contributed by atoms with van der Waals surface area (Å²) in [6.07, 6.45) is 1.51. The molecule has 0 aliphatic carbocycles. The summed E-state index contributed by atoms with van der Waals surface area (Å²) in [6.45, 7) is 0. The maximum absolute atomic E-state index is 14.1. The molecule has 0 spiro atoms. The summed E-state index contributed by atoms with van der Waals surface area (Å²) >= 11 is 6.29. The zero-order valence-electron chi connectivity index (χ0n) is 14.7. The third kappa shape index (κ3) is 3.59. The topological polar surface area (TPSA) is 70.8 Å². The van der Waals surface area contributed by atoms with E-state index in [1.165, 1.54) is 30.3 Å². The van der Waals surface area contributed by atoms with E-state index in [0.29, 0.717) is 17.1 Å². The maximum Gasteiger partial charge on any atom is 0.336 e. The van der Waals surface area contributed by atoms with Crippen molar-refractivity contribution in [3.63, 3.8) is 0 Å². The van der Waals surface area contributed by atoms with E-state index in [0.717, 1.165) is 16.7 Å². The second kappa shape index (κ2) is 7.65. The number of nitrogens with zero attached hydrogens (tertiary/aromatic N) is 1. The Labute approximate surface area is 174 Å². The van der Waals surface area contributed by atoms with Crippen molar-refractivity contribution >= 4 is 51.9 Å². The summed E-state index contributed by atoms with van der Waals surface area (Å²) in [5.41, 5.74) is 0.631. The van der Waals surface area contributed by atoms with E-state index in [1.54, 1.807) is 36.4 Å². The van der Waals surface area contributed by atoms with Crippen LogP contribution in [0.15, 0.2) is 70.0 Å². The zero-order valence-corrected chi connectivity index (χ0v) is 16.3. The first-order valence-corrected chi connectivity index (χ1v) is 9.63. The first-order chi connectivity index (χ1) is 14.0. The van der Waals surface area contributed by atoms with E-state index in [1.807, 2.05) is 0 Å². The molecule has 3 aromatic rings. The molecule has 1 fully saturated rings. The molecule has 0 bridgehead atoms. The van der Waals surface area contributed by atoms with Gasteiger partial charge in [-0.05, 0) is 30.3 Å². The summed E-state index contributed by atoms with van der Waals surface area (Å²) in [7, 11) is 0. The third-order valence-electron chi connectivity index (χ3n) is 4.21. The number of thioether (sulfide) groups is 1. The van der Waals surface area contributed by atoms with Crippen molar-refractivity contribution in [3.05, 3.63) is 82.7 Å². The van der Waals surface area contributed by atoms with Crippen molar-refractivity contribution in [2.75, 3.05) is 4.90 Å². The van der Waals surface area contributed by atoms with Gasteiger partial charge in [-0.3, -0.25) is 9.69 Å². The van der Waals surface area contributed by atoms with Crippen LogP contribution in [-0.2, 0) is 4.79 Å². The molecule has 1 saturated heterocycles. The monoisotopic (exact) mass is 425 g/mol. The lowest BCUT2D eigenvalue weighted by atomic mass is 10.1. The van der Waals surface area contributed by atoms with Crippen molar-refractivity contribution in [2.45, 2.75) is 0 Å². The van der Waals surface area contributed by atoms with Crippen LogP contribution in [0.3, 0.4) is 0 Å². The molecule has 4 rings (SSSR count). The lowest BCUT2D eigenvalue weighted by Crippen LogP contribution is -2.28. The van der Waals surface area contributed by atoms with Gasteiger partial charge in [0, 0.05) is 11.6 Å². The number of halogens is 1. The summed E-state index contributed by atoms with van der Waals surface area (Å²) in [5.74, 6) is -1.35. The quantitative estimate of drug-likeness (QED) is 0.458. The predicted molar refractivity (Wildman–Crippen MR) is 113 cm³/mol. The minimum Gasteiger partial charge on any atom is -0.478 e. The minimum atomic E-state index is -1.07. The van der Waals surface area contributed by atoms with Crippen molar-refractivity contribution in [2.24, 2.45) is 0 Å². The molecule has 2 aromatic carbocycles. The number of hydrogen-bond donors (Lipinski definition) is 1. The molecule has 1 aromatic heterocycles. The Balaban J connectivity index is 1.65. The van der Waals surface area contributed by atoms with Crippen molar-refractivity contribution in [1.82, 2.24) is 0 Å². The lowest BCUT2D eigenvalue weighted by Gasteiger charge is -2.14. The molecule has 144 valence electrons. The number of aromatic carboxylic acids is 1. The number of benzene rings is 2. The number of carboxylic acid groups (broad SMARTS) is 1. The van der Waals surface area contributed by atoms with Gasteiger partial charge in [-0.25, -0.2) is 9.18 Å². The second-order valence-corrected chi connectivity index (χ2v) is 7.70. The molecule has 0 saturated carbocycles. The van der Waals surface area contributed by atoms with Crippen LogP contribution in [0.5, 0.6) is 0 Å². The van der Waals surface area contributed by atoms with Gasteiger partial charge >= 0.3 is 5.97 Å². The van der Waals surface area contributed by atoms with Gasteiger partial charge in [-0.15, -0.1) is 0 Å². The highest BCUT2D eigenvalue weighted by atomic mass is 32.2. The maximum atomic E-state index is 14.1. The number of amides is 1. The lowest BCUT2D eigenvalue weighted by molar-refractivity contribution is -0.113. The number of rotatable bonds is 4. The van der Waals surface area contributed by atoms with E-state index in [2.05, 4.69) is 0 Å². The summed E-state index contributed by atoms with van der Waals surface area (Å²) < 4.78 is 20.0. The van der Waals surface area contributed by atoms with Crippen LogP contribution in [0.4, 0.5) is 10.1 Å². The van der Waals surface area contributed by atoms with Gasteiger partial charge < -0.3 is 9.52 Å². The molecule has 29 heavy (non-hydrogen) atoms. The minimum absolute atomic E-state index is 0.0916. The standard InChI is InChI=1S/C21H12FNO4S2/c22-15-7-3-4-8-16(15)23-19(24)18(29-21(23)28)11-12-9-10-17(27-12)13-5-1-2-6-14(13)20(25)26/h1-11H,(H,25,26)/b18-11+. The smallest absolute Gasteiger partial charge is 0.336 e. The van der Waals surface area contributed by atoms with Crippen LogP contribution < -0.4 is 4.90 Å². The Morgan fingerprint density at radius 2 is 1.83 bits per heavy atom. The highest BCUT2D eigenvalue weighted by molar-refractivity contribution is 8.27. The average Bonchev–Trinajstić information content (AvgIpc) is 3.27. The Morgan fingerprint density at radius 3 is 2.59 bits per heavy atom. The number of carbonyl (C=O) groups is 2. The Kier molecular flexibility index (Phi) is 5.04. The average molecular weight is 425 g/mol. The largest absolute Gasteiger partial charge is 0.478 e. The first kappa shape index (κ1) is 19.1. The summed E-state index contributed by atoms with van der Waals surface area (Å²) in [5, 5.41) is 9.34. The van der Waals surface area contributed by atoms with Gasteiger partial charge in [0.1, 0.15) is 17.3 Å². The van der Waals surface area contributed by atoms with Crippen LogP contribution in [0, 0.1) is 5.82 Å². The number of anilines is 1. The van der Waals surface area contributed by atoms with Crippen molar-refractivity contribution in [1.29, 1.82) is 0 Å². The molecule has 1 aliphatic heterocycles. The van der Waals surface area contributed by atoms with E-state index in [-0.39, 0.29) is 20.5 Å². The van der Waals surface area contributed by atoms with Crippen LogP contribution in [-0.4, -0.2) is 21.3 Å². The molecular weight excluding hydrogens is 413 g/mol. The van der Waals surface area contributed by atoms with Crippen LogP contribution in [0.2, 0.25) is 0 Å². The molecule has 1 aliphatic rings. The van der Waals surface area contributed by atoms with Crippen molar-refractivity contribution < 1.29 is 23.5 Å². The molecular formula is C21H12FNO4S2. The van der Waals surface area contributed by atoms with Gasteiger partial charge in [0.25, 0.3) is 5.91 Å². The number of para-hydroxylation sites is 1. The molecule has 1 N–H and O–H groups in total. The fourth-order valence-electron chi connectivity index (χ4n) is 2.90. The molecule has 8 heteroatoms. The molecule has 5 nitrogen and oxygen atoms in total. The summed E-state index contributed by atoms with van der Waals surface area (Å²) in [6, 6.07) is 15.6. The van der Waals surface area contributed by atoms with Gasteiger partial charge in [0.15, 0.2) is 4.32 Å². The molecule has 1 amide bonds. The second-order valence-electron chi connectivity index (χ2n) is 6.02. The van der Waals surface area contributed by atoms with Gasteiger partial charge in [-0.2, -0.15) is 0 Å². The predicted octanol–water partition coefficient (Wildman–Crippen LogP) is 5.19. The fraction of sp³-hybridized carbons (Fsp3) is 0. The van der Waals surface area contributed by atoms with E-state index >= 15 is 0 Å². The van der Waals surface area contributed by atoms with Crippen LogP contribution >= 0.6 is 24.0 Å². The number of carboxylic acids is 1. The van der Waals surface area contributed by atoms with Gasteiger partial charge in [0.2, 0.25) is 0 Å². The number of hydrogen-bond acceptors (Lipinski definition) is 5. The zero-order chi connectivity index (χ0) is 20.5. The number of thiocarbonyl (C=S) groups is 1. The van der Waals surface area contributed by atoms with Gasteiger partial charge in [-0.1, -0.05) is 54.3 Å². The fourth-order valence-corrected chi connectivity index (χ4v) is 4.16. The normalized spacial score (nSPS) is 15.3.